The van der Waals surface area contributed by atoms with E-state index in [9.17, 15) is 14.0 Å². The molecule has 18 heavy (non-hydrogen) atoms. The van der Waals surface area contributed by atoms with E-state index in [0.717, 1.165) is 16.7 Å². The summed E-state index contributed by atoms with van der Waals surface area (Å²) in [6.45, 7) is 0.393. The molecule has 1 heterocycles. The van der Waals surface area contributed by atoms with Crippen LogP contribution in [0.25, 0.3) is 6.08 Å². The van der Waals surface area contributed by atoms with E-state index in [1.807, 2.05) is 0 Å². The molecule has 1 aliphatic rings. The fraction of sp³-hybridized carbons (Fsp3) is 0.167. The Bertz CT molecular complexity index is 531. The molecule has 1 aromatic rings. The molecule has 0 aromatic heterocycles. The van der Waals surface area contributed by atoms with Gasteiger partial charge >= 0.3 is 0 Å². The van der Waals surface area contributed by atoms with Gasteiger partial charge in [0, 0.05) is 18.7 Å². The van der Waals surface area contributed by atoms with Gasteiger partial charge in [0.05, 0.1) is 4.91 Å². The number of hydrogen-bond donors (Lipinski definition) is 1. The van der Waals surface area contributed by atoms with E-state index < -0.39 is 11.7 Å². The second-order valence-electron chi connectivity index (χ2n) is 3.64. The van der Waals surface area contributed by atoms with Crippen molar-refractivity contribution in [2.75, 3.05) is 13.1 Å². The highest BCUT2D eigenvalue weighted by Gasteiger charge is 2.34. The predicted octanol–water partition coefficient (Wildman–Crippen LogP) is 1.82. The van der Waals surface area contributed by atoms with Crippen LogP contribution in [-0.2, 0) is 4.79 Å². The number of thioether (sulfide) groups is 1. The van der Waals surface area contributed by atoms with E-state index in [0.29, 0.717) is 0 Å². The van der Waals surface area contributed by atoms with Crippen LogP contribution in [-0.4, -0.2) is 29.1 Å². The number of carbonyl (C=O) groups excluding carboxylic acids is 2. The Morgan fingerprint density at radius 1 is 1.33 bits per heavy atom. The zero-order chi connectivity index (χ0) is 13.1. The minimum Gasteiger partial charge on any atom is -0.329 e. The molecule has 94 valence electrons. The third-order valence-corrected chi connectivity index (χ3v) is 3.33. The third kappa shape index (κ3) is 2.44. The average Bonchev–Trinajstić information content (AvgIpc) is 2.60. The van der Waals surface area contributed by atoms with E-state index in [1.165, 1.54) is 12.1 Å². The number of imide groups is 1. The zero-order valence-electron chi connectivity index (χ0n) is 9.43. The van der Waals surface area contributed by atoms with Crippen molar-refractivity contribution >= 4 is 29.0 Å². The molecule has 6 heteroatoms. The number of benzene rings is 1. The quantitative estimate of drug-likeness (QED) is 0.848. The Labute approximate surface area is 108 Å². The van der Waals surface area contributed by atoms with Crippen LogP contribution in [0.3, 0.4) is 0 Å². The van der Waals surface area contributed by atoms with Gasteiger partial charge in [-0.1, -0.05) is 18.2 Å². The van der Waals surface area contributed by atoms with E-state index in [1.54, 1.807) is 18.2 Å². The zero-order valence-corrected chi connectivity index (χ0v) is 10.2. The van der Waals surface area contributed by atoms with E-state index in [2.05, 4.69) is 0 Å². The number of nitrogens with zero attached hydrogens (tertiary/aromatic N) is 1. The molecule has 0 saturated carbocycles. The lowest BCUT2D eigenvalue weighted by atomic mass is 10.2. The summed E-state index contributed by atoms with van der Waals surface area (Å²) >= 11 is 0.802. The van der Waals surface area contributed by atoms with Gasteiger partial charge in [0.15, 0.2) is 0 Å². The van der Waals surface area contributed by atoms with Crippen molar-refractivity contribution in [1.29, 1.82) is 0 Å². The SMILES string of the molecule is NCCN1C(=O)S/C(=C/c2ccccc2F)C1=O. The second-order valence-corrected chi connectivity index (χ2v) is 4.64. The molecule has 0 atom stereocenters. The lowest BCUT2D eigenvalue weighted by Crippen LogP contribution is -2.33. The number of amides is 2. The standard InChI is InChI=1S/C12H11FN2O2S/c13-9-4-2-1-3-8(9)7-10-11(16)15(6-5-14)12(17)18-10/h1-4,7H,5-6,14H2/b10-7+. The predicted molar refractivity (Wildman–Crippen MR) is 68.1 cm³/mol. The Morgan fingerprint density at radius 3 is 2.72 bits per heavy atom. The summed E-state index contributed by atoms with van der Waals surface area (Å²) in [6, 6.07) is 6.08. The molecule has 0 aliphatic carbocycles. The van der Waals surface area contributed by atoms with Gasteiger partial charge in [-0.15, -0.1) is 0 Å². The molecular weight excluding hydrogens is 255 g/mol. The molecule has 1 aliphatic heterocycles. The average molecular weight is 266 g/mol. The topological polar surface area (TPSA) is 63.4 Å². The number of nitrogens with two attached hydrogens (primary N) is 1. The molecular formula is C12H11FN2O2S. The first-order chi connectivity index (χ1) is 8.63. The van der Waals surface area contributed by atoms with Gasteiger partial charge in [-0.3, -0.25) is 14.5 Å². The van der Waals surface area contributed by atoms with Crippen molar-refractivity contribution in [3.05, 3.63) is 40.6 Å². The van der Waals surface area contributed by atoms with Crippen LogP contribution in [0.2, 0.25) is 0 Å². The molecule has 0 spiro atoms. The van der Waals surface area contributed by atoms with Gasteiger partial charge in [0.1, 0.15) is 5.82 Å². The molecule has 4 nitrogen and oxygen atoms in total. The highest BCUT2D eigenvalue weighted by molar-refractivity contribution is 8.18. The summed E-state index contributed by atoms with van der Waals surface area (Å²) in [5, 5.41) is -0.368. The largest absolute Gasteiger partial charge is 0.329 e. The third-order valence-electron chi connectivity index (χ3n) is 2.42. The minimum atomic E-state index is -0.428. The summed E-state index contributed by atoms with van der Waals surface area (Å²) in [7, 11) is 0. The fourth-order valence-corrected chi connectivity index (χ4v) is 2.41. The van der Waals surface area contributed by atoms with Crippen molar-refractivity contribution in [3.63, 3.8) is 0 Å². The number of halogens is 1. The highest BCUT2D eigenvalue weighted by Crippen LogP contribution is 2.32. The van der Waals surface area contributed by atoms with Crippen molar-refractivity contribution in [2.45, 2.75) is 0 Å². The summed E-state index contributed by atoms with van der Waals surface area (Å²) in [5.41, 5.74) is 5.61. The van der Waals surface area contributed by atoms with Crippen LogP contribution in [0, 0.1) is 5.82 Å². The van der Waals surface area contributed by atoms with Gasteiger partial charge < -0.3 is 5.73 Å². The molecule has 2 rings (SSSR count). The van der Waals surface area contributed by atoms with Crippen LogP contribution < -0.4 is 5.73 Å². The summed E-state index contributed by atoms with van der Waals surface area (Å²) < 4.78 is 13.4. The van der Waals surface area contributed by atoms with Crippen LogP contribution >= 0.6 is 11.8 Å². The van der Waals surface area contributed by atoms with Crippen molar-refractivity contribution < 1.29 is 14.0 Å². The maximum absolute atomic E-state index is 13.4. The highest BCUT2D eigenvalue weighted by atomic mass is 32.2. The fourth-order valence-electron chi connectivity index (χ4n) is 1.56. The summed E-state index contributed by atoms with van der Waals surface area (Å²) in [6.07, 6.45) is 1.39. The number of carbonyl (C=O) groups is 2. The molecule has 0 unspecified atom stereocenters. The monoisotopic (exact) mass is 266 g/mol. The lowest BCUT2D eigenvalue weighted by molar-refractivity contribution is -0.122. The summed E-state index contributed by atoms with van der Waals surface area (Å²) in [5.74, 6) is -0.846. The van der Waals surface area contributed by atoms with E-state index in [-0.39, 0.29) is 28.8 Å². The molecule has 1 aromatic carbocycles. The van der Waals surface area contributed by atoms with Crippen molar-refractivity contribution in [2.24, 2.45) is 5.73 Å². The first kappa shape index (κ1) is 12.8. The van der Waals surface area contributed by atoms with E-state index >= 15 is 0 Å². The van der Waals surface area contributed by atoms with Crippen LogP contribution in [0.5, 0.6) is 0 Å². The maximum atomic E-state index is 13.4. The van der Waals surface area contributed by atoms with Gasteiger partial charge in [0.2, 0.25) is 0 Å². The van der Waals surface area contributed by atoms with Crippen LogP contribution in [0.4, 0.5) is 9.18 Å². The van der Waals surface area contributed by atoms with Gasteiger partial charge in [-0.25, -0.2) is 4.39 Å². The Hall–Kier alpha value is -1.66. The molecule has 0 radical (unpaired) electrons. The summed E-state index contributed by atoms with van der Waals surface area (Å²) in [4.78, 5) is 24.7. The smallest absolute Gasteiger partial charge is 0.293 e. The Morgan fingerprint density at radius 2 is 2.06 bits per heavy atom. The first-order valence-corrected chi connectivity index (χ1v) is 6.15. The molecule has 1 saturated heterocycles. The van der Waals surface area contributed by atoms with Gasteiger partial charge in [0.25, 0.3) is 11.1 Å². The normalized spacial score (nSPS) is 17.9. The number of hydrogen-bond acceptors (Lipinski definition) is 4. The van der Waals surface area contributed by atoms with Crippen LogP contribution in [0.15, 0.2) is 29.2 Å². The maximum Gasteiger partial charge on any atom is 0.293 e. The van der Waals surface area contributed by atoms with Gasteiger partial charge in [-0.05, 0) is 23.9 Å². The molecule has 1 fully saturated rings. The first-order valence-electron chi connectivity index (χ1n) is 5.33. The Balaban J connectivity index is 2.28. The second kappa shape index (κ2) is 5.32. The van der Waals surface area contributed by atoms with Crippen molar-refractivity contribution in [1.82, 2.24) is 4.90 Å². The van der Waals surface area contributed by atoms with Gasteiger partial charge in [-0.2, -0.15) is 0 Å². The van der Waals surface area contributed by atoms with Crippen LogP contribution in [0.1, 0.15) is 5.56 Å². The molecule has 2 amide bonds. The van der Waals surface area contributed by atoms with Crippen molar-refractivity contribution in [3.8, 4) is 0 Å². The number of rotatable bonds is 3. The lowest BCUT2D eigenvalue weighted by Gasteiger charge is -2.09. The van der Waals surface area contributed by atoms with E-state index in [4.69, 9.17) is 5.73 Å². The molecule has 0 bridgehead atoms. The minimum absolute atomic E-state index is 0.180. The Kier molecular flexibility index (Phi) is 3.78. The molecule has 2 N–H and O–H groups in total.